The van der Waals surface area contributed by atoms with E-state index in [1.165, 1.54) is 5.56 Å². The normalized spacial score (nSPS) is 21.3. The van der Waals surface area contributed by atoms with Gasteiger partial charge in [0.2, 0.25) is 5.91 Å². The zero-order chi connectivity index (χ0) is 16.8. The smallest absolute Gasteiger partial charge is 0.224 e. The molecule has 0 saturated carbocycles. The van der Waals surface area contributed by atoms with E-state index in [1.54, 1.807) is 0 Å². The van der Waals surface area contributed by atoms with Crippen molar-refractivity contribution >= 4 is 30.7 Å². The highest BCUT2D eigenvalue weighted by Crippen LogP contribution is 2.15. The quantitative estimate of drug-likeness (QED) is 0.704. The number of nitrogens with one attached hydrogen (secondary N) is 2. The molecule has 1 aromatic carbocycles. The van der Waals surface area contributed by atoms with Crippen molar-refractivity contribution in [3.8, 4) is 0 Å². The van der Waals surface area contributed by atoms with E-state index in [2.05, 4.69) is 39.8 Å². The number of nitrogens with zero attached hydrogens (tertiary/aromatic N) is 1. The van der Waals surface area contributed by atoms with E-state index in [1.807, 2.05) is 0 Å². The van der Waals surface area contributed by atoms with Crippen molar-refractivity contribution < 1.29 is 9.90 Å². The maximum Gasteiger partial charge on any atom is 0.224 e. The summed E-state index contributed by atoms with van der Waals surface area (Å²) in [6.07, 6.45) is 3.70. The number of rotatable bonds is 5. The largest absolute Gasteiger partial charge is 0.393 e. The first-order chi connectivity index (χ1) is 11.7. The Morgan fingerprint density at radius 1 is 1.12 bits per heavy atom. The summed E-state index contributed by atoms with van der Waals surface area (Å²) in [5.41, 5.74) is 2.43. The molecule has 1 unspecified atom stereocenters. The molecular weight excluding hydrogens is 373 g/mol. The first-order valence-corrected chi connectivity index (χ1v) is 9.17. The Kier molecular flexibility index (Phi) is 10.5. The summed E-state index contributed by atoms with van der Waals surface area (Å²) in [5, 5.41) is 15.9. The van der Waals surface area contributed by atoms with Crippen LogP contribution in [0.4, 0.5) is 0 Å². The van der Waals surface area contributed by atoms with Crippen LogP contribution in [0.25, 0.3) is 0 Å². The van der Waals surface area contributed by atoms with Crippen LogP contribution in [0.3, 0.4) is 0 Å². The van der Waals surface area contributed by atoms with E-state index in [4.69, 9.17) is 0 Å². The Hall–Kier alpha value is -0.850. The van der Waals surface area contributed by atoms with E-state index in [-0.39, 0.29) is 42.7 Å². The number of carbonyl (C=O) groups excluding carboxylic acids is 1. The third kappa shape index (κ3) is 7.05. The minimum Gasteiger partial charge on any atom is -0.393 e. The van der Waals surface area contributed by atoms with Crippen LogP contribution in [0.15, 0.2) is 24.3 Å². The second-order valence-electron chi connectivity index (χ2n) is 7.08. The van der Waals surface area contributed by atoms with Crippen molar-refractivity contribution in [2.75, 3.05) is 26.2 Å². The molecule has 2 aliphatic heterocycles. The molecular formula is C19H31Cl2N3O2. The summed E-state index contributed by atoms with van der Waals surface area (Å²) in [6, 6.07) is 8.50. The second kappa shape index (κ2) is 11.8. The van der Waals surface area contributed by atoms with Crippen LogP contribution in [-0.4, -0.2) is 48.2 Å². The van der Waals surface area contributed by atoms with Gasteiger partial charge in [-0.25, -0.2) is 0 Å². The fourth-order valence-corrected chi connectivity index (χ4v) is 3.51. The number of hydrogen-bond acceptors (Lipinski definition) is 4. The van der Waals surface area contributed by atoms with Crippen LogP contribution in [0, 0.1) is 5.92 Å². The minimum absolute atomic E-state index is 0. The number of amides is 1. The summed E-state index contributed by atoms with van der Waals surface area (Å²) in [7, 11) is 0. The monoisotopic (exact) mass is 403 g/mol. The average molecular weight is 404 g/mol. The average Bonchev–Trinajstić information content (AvgIpc) is 2.63. The molecule has 1 amide bonds. The van der Waals surface area contributed by atoms with Gasteiger partial charge in [0.15, 0.2) is 0 Å². The van der Waals surface area contributed by atoms with Gasteiger partial charge in [-0.15, -0.1) is 24.8 Å². The lowest BCUT2D eigenvalue weighted by Gasteiger charge is -2.29. The zero-order valence-electron chi connectivity index (χ0n) is 15.2. The summed E-state index contributed by atoms with van der Waals surface area (Å²) in [4.78, 5) is 14.5. The third-order valence-electron chi connectivity index (χ3n) is 5.12. The molecule has 0 aliphatic carbocycles. The van der Waals surface area contributed by atoms with Crippen LogP contribution < -0.4 is 10.6 Å². The molecule has 2 aliphatic rings. The van der Waals surface area contributed by atoms with Gasteiger partial charge in [0.1, 0.15) is 0 Å². The first-order valence-electron chi connectivity index (χ1n) is 9.17. The van der Waals surface area contributed by atoms with Crippen molar-refractivity contribution in [3.63, 3.8) is 0 Å². The summed E-state index contributed by atoms with van der Waals surface area (Å²) in [5.74, 6) is 0.283. The highest BCUT2D eigenvalue weighted by atomic mass is 35.5. The van der Waals surface area contributed by atoms with Crippen LogP contribution in [0.5, 0.6) is 0 Å². The van der Waals surface area contributed by atoms with Crippen molar-refractivity contribution in [2.24, 2.45) is 5.92 Å². The third-order valence-corrected chi connectivity index (χ3v) is 5.12. The molecule has 2 heterocycles. The molecule has 3 rings (SSSR count). The van der Waals surface area contributed by atoms with Gasteiger partial charge in [0, 0.05) is 32.7 Å². The van der Waals surface area contributed by atoms with E-state index < -0.39 is 0 Å². The van der Waals surface area contributed by atoms with Crippen LogP contribution in [-0.2, 0) is 17.9 Å². The lowest BCUT2D eigenvalue weighted by atomic mass is 9.99. The molecule has 1 aromatic rings. The fourth-order valence-electron chi connectivity index (χ4n) is 3.51. The van der Waals surface area contributed by atoms with Crippen LogP contribution >= 0.6 is 24.8 Å². The Morgan fingerprint density at radius 3 is 2.38 bits per heavy atom. The molecule has 0 radical (unpaired) electrons. The molecule has 0 aromatic heterocycles. The van der Waals surface area contributed by atoms with Gasteiger partial charge in [-0.2, -0.15) is 0 Å². The number of halogens is 2. The Morgan fingerprint density at radius 2 is 1.77 bits per heavy atom. The lowest BCUT2D eigenvalue weighted by Crippen LogP contribution is -2.40. The molecule has 3 N–H and O–H groups in total. The summed E-state index contributed by atoms with van der Waals surface area (Å²) in [6.45, 7) is 5.30. The standard InChI is InChI=1S/C19H29N3O2.2ClH/c23-18-7-10-22(11-8-18)14-16-5-3-15(4-6-16)12-21-19(24)17-2-1-9-20-13-17;;/h3-6,17-18,20,23H,1-2,7-14H2,(H,21,24);2*1H. The van der Waals surface area contributed by atoms with Crippen LogP contribution in [0.2, 0.25) is 0 Å². The molecule has 148 valence electrons. The molecule has 5 nitrogen and oxygen atoms in total. The number of carbonyl (C=O) groups is 1. The van der Waals surface area contributed by atoms with Gasteiger partial charge in [0.25, 0.3) is 0 Å². The predicted octanol–water partition coefficient (Wildman–Crippen LogP) is 2.10. The first kappa shape index (κ1) is 23.2. The number of piperidine rings is 2. The van der Waals surface area contributed by atoms with Crippen molar-refractivity contribution in [3.05, 3.63) is 35.4 Å². The highest BCUT2D eigenvalue weighted by molar-refractivity contribution is 5.85. The molecule has 0 spiro atoms. The van der Waals surface area contributed by atoms with E-state index in [0.29, 0.717) is 6.54 Å². The van der Waals surface area contributed by atoms with Gasteiger partial charge in [0.05, 0.1) is 12.0 Å². The maximum atomic E-state index is 12.1. The predicted molar refractivity (Wildman–Crippen MR) is 109 cm³/mol. The number of aliphatic hydroxyl groups excluding tert-OH is 1. The Balaban J connectivity index is 0.00000169. The van der Waals surface area contributed by atoms with E-state index in [0.717, 1.165) is 64.0 Å². The molecule has 7 heteroatoms. The molecule has 1 atom stereocenters. The molecule has 2 fully saturated rings. The molecule has 0 bridgehead atoms. The Labute approximate surface area is 168 Å². The van der Waals surface area contributed by atoms with Gasteiger partial charge < -0.3 is 15.7 Å². The zero-order valence-corrected chi connectivity index (χ0v) is 16.8. The van der Waals surface area contributed by atoms with Crippen molar-refractivity contribution in [1.29, 1.82) is 0 Å². The second-order valence-corrected chi connectivity index (χ2v) is 7.08. The molecule has 2 saturated heterocycles. The van der Waals surface area contributed by atoms with E-state index >= 15 is 0 Å². The van der Waals surface area contributed by atoms with Gasteiger partial charge in [-0.3, -0.25) is 9.69 Å². The Bertz CT molecular complexity index is 528. The minimum atomic E-state index is -0.119. The number of likely N-dealkylation sites (tertiary alicyclic amines) is 1. The van der Waals surface area contributed by atoms with E-state index in [9.17, 15) is 9.90 Å². The number of benzene rings is 1. The van der Waals surface area contributed by atoms with Crippen molar-refractivity contribution in [1.82, 2.24) is 15.5 Å². The van der Waals surface area contributed by atoms with Gasteiger partial charge in [-0.05, 0) is 43.4 Å². The fraction of sp³-hybridized carbons (Fsp3) is 0.632. The maximum absolute atomic E-state index is 12.1. The number of hydrogen-bond donors (Lipinski definition) is 3. The topological polar surface area (TPSA) is 64.6 Å². The number of aliphatic hydroxyl groups is 1. The lowest BCUT2D eigenvalue weighted by molar-refractivity contribution is -0.125. The SMILES string of the molecule is Cl.Cl.O=C(NCc1ccc(CN2CCC(O)CC2)cc1)C1CCCNC1. The summed E-state index contributed by atoms with van der Waals surface area (Å²) >= 11 is 0. The summed E-state index contributed by atoms with van der Waals surface area (Å²) < 4.78 is 0. The van der Waals surface area contributed by atoms with Gasteiger partial charge >= 0.3 is 0 Å². The van der Waals surface area contributed by atoms with Gasteiger partial charge in [-0.1, -0.05) is 24.3 Å². The van der Waals surface area contributed by atoms with Crippen molar-refractivity contribution in [2.45, 2.75) is 44.9 Å². The molecule has 26 heavy (non-hydrogen) atoms. The van der Waals surface area contributed by atoms with Crippen LogP contribution in [0.1, 0.15) is 36.8 Å². The highest BCUT2D eigenvalue weighted by Gasteiger charge is 2.20.